The van der Waals surface area contributed by atoms with E-state index in [9.17, 15) is 96.4 Å². The Balaban J connectivity index is 0.852. The highest BCUT2D eigenvalue weighted by Crippen LogP contribution is 2.76. The standard InChI is InChI=1S/C63H102O31/c1-25-36(69)40(73)46(79)53(87-25)94-50-43(76)38(71)30(20-65)89-56(50)90-31-23-85-55(49(39(31)72)93-54-47(80)41(74)37(70)29(19-64)88-54)91-35-12-13-60(5)32(58(35,2)3)11-14-61(6)33(60)10-9-27-28-17-59(4,15-16-63(28,24-66)34(68)18-62(27,61)7)57(82)86-22-26(67)21-84-52-45(78)42(75)44(77)48(92-52)51(81)83-8/h9,25-26,28-50,52-56,64-80H,10-24H2,1-8H3/t25-,26?,28-,29+,30+,31-,32-,33+,34+,35-,36-,37+,38+,39-,40+,41-,42-,43-,44-,45+,46+,47+,48-,49+,50+,52-,53-,54-,55-,56-,59-,60-,61+,62+,63+/m0/s1. The lowest BCUT2D eigenvalue weighted by Crippen LogP contribution is -2.68. The van der Waals surface area contributed by atoms with Crippen molar-refractivity contribution < 1.29 is 153 Å². The van der Waals surface area contributed by atoms with Crippen molar-refractivity contribution in [3.8, 4) is 0 Å². The zero-order valence-electron chi connectivity index (χ0n) is 54.3. The number of carbonyl (C=O) groups excluding carboxylic acids is 2. The van der Waals surface area contributed by atoms with Crippen LogP contribution in [-0.2, 0) is 66.4 Å². The molecular formula is C63H102O31. The summed E-state index contributed by atoms with van der Waals surface area (Å²) in [6, 6.07) is 0. The second-order valence-corrected chi connectivity index (χ2v) is 29.9. The topological polar surface area (TPSA) is 489 Å². The summed E-state index contributed by atoms with van der Waals surface area (Å²) in [5, 5.41) is 186. The Kier molecular flexibility index (Phi) is 22.3. The van der Waals surface area contributed by atoms with Crippen molar-refractivity contribution in [1.29, 1.82) is 0 Å². The van der Waals surface area contributed by atoms with Crippen LogP contribution in [0.3, 0.4) is 0 Å². The molecule has 5 saturated heterocycles. The maximum Gasteiger partial charge on any atom is 0.337 e. The molecule has 0 aromatic rings. The second kappa shape index (κ2) is 28.2. The molecule has 0 aromatic carbocycles. The van der Waals surface area contributed by atoms with Crippen LogP contribution >= 0.6 is 0 Å². The molecule has 1 unspecified atom stereocenters. The van der Waals surface area contributed by atoms with Gasteiger partial charge >= 0.3 is 11.9 Å². The van der Waals surface area contributed by atoms with E-state index >= 15 is 0 Å². The number of aliphatic hydroxyl groups excluding tert-OH is 17. The average Bonchev–Trinajstić information content (AvgIpc) is 0.674. The molecule has 35 atom stereocenters. The van der Waals surface area contributed by atoms with Crippen LogP contribution in [-0.4, -0.2) is 311 Å². The Morgan fingerprint density at radius 1 is 0.596 bits per heavy atom. The van der Waals surface area contributed by atoms with Gasteiger partial charge in [-0.05, 0) is 111 Å². The van der Waals surface area contributed by atoms with Crippen LogP contribution in [0.4, 0.5) is 0 Å². The van der Waals surface area contributed by atoms with Gasteiger partial charge in [0.2, 0.25) is 0 Å². The summed E-state index contributed by atoms with van der Waals surface area (Å²) in [7, 11) is 1.04. The number of carbonyl (C=O) groups is 2. The SMILES string of the molecule is COC(=O)[C@H]1O[C@H](OCC(O)COC(=O)[C@@]2(C)CC[C@]3(CO)[C@H](O)C[C@]4(C)C(=CC[C@@H]5[C@@]6(C)CC[C@H](O[C@@H]7OC[C@H](O[C@@H]8O[C@H](CO)[C@@H](O)[C@H](O)[C@H]8O[C@@H]8O[C@@H](C)[C@H](O)[C@@H](O)[C@H]8O)[C@H](O)[C@H]7O[C@@H]7O[C@H](CO)[C@@H](O)[C@H](O)[C@H]7O)C(C)(C)[C@@H]6CC[C@]54C)[C@@H]3C2)[C@H](O)[C@@H](O)[C@@H]1O. The predicted octanol–water partition coefficient (Wildman–Crippen LogP) is -5.04. The molecule has 0 spiro atoms. The van der Waals surface area contributed by atoms with Gasteiger partial charge in [-0.2, -0.15) is 0 Å². The van der Waals surface area contributed by atoms with Gasteiger partial charge in [0.15, 0.2) is 37.6 Å². The van der Waals surface area contributed by atoms with Crippen molar-refractivity contribution in [2.24, 2.45) is 50.2 Å². The molecule has 540 valence electrons. The molecule has 10 aliphatic rings. The molecule has 4 saturated carbocycles. The normalized spacial score (nSPS) is 52.2. The number of aliphatic hydroxyl groups is 17. The van der Waals surface area contributed by atoms with Crippen molar-refractivity contribution in [2.45, 2.75) is 272 Å². The first-order valence-corrected chi connectivity index (χ1v) is 32.9. The van der Waals surface area contributed by atoms with E-state index in [1.54, 1.807) is 6.92 Å². The number of rotatable bonds is 18. The molecule has 0 bridgehead atoms. The first kappa shape index (κ1) is 74.3. The molecular weight excluding hydrogens is 1250 g/mol. The van der Waals surface area contributed by atoms with E-state index in [4.69, 9.17) is 52.1 Å². The lowest BCUT2D eigenvalue weighted by atomic mass is 9.33. The summed E-state index contributed by atoms with van der Waals surface area (Å²) < 4.78 is 70.3. The summed E-state index contributed by atoms with van der Waals surface area (Å²) in [6.07, 6.45) is -37.6. The first-order chi connectivity index (χ1) is 44.1. The Morgan fingerprint density at radius 3 is 1.83 bits per heavy atom. The van der Waals surface area contributed by atoms with E-state index in [1.807, 2.05) is 0 Å². The van der Waals surface area contributed by atoms with E-state index in [0.29, 0.717) is 38.5 Å². The van der Waals surface area contributed by atoms with Crippen LogP contribution < -0.4 is 0 Å². The van der Waals surface area contributed by atoms with Gasteiger partial charge in [0.05, 0.1) is 63.9 Å². The number of hydrogen-bond acceptors (Lipinski definition) is 31. The minimum Gasteiger partial charge on any atom is -0.467 e. The van der Waals surface area contributed by atoms with E-state index in [0.717, 1.165) is 12.7 Å². The first-order valence-electron chi connectivity index (χ1n) is 32.9. The van der Waals surface area contributed by atoms with E-state index < -0.39 is 244 Å². The zero-order chi connectivity index (χ0) is 68.9. The number of ether oxygens (including phenoxy) is 12. The highest BCUT2D eigenvalue weighted by molar-refractivity contribution is 5.77. The third-order valence-electron chi connectivity index (χ3n) is 24.3. The third kappa shape index (κ3) is 12.8. The molecule has 10 rings (SSSR count). The largest absolute Gasteiger partial charge is 0.467 e. The van der Waals surface area contributed by atoms with Gasteiger partial charge in [0.25, 0.3) is 0 Å². The van der Waals surface area contributed by atoms with Crippen molar-refractivity contribution in [3.63, 3.8) is 0 Å². The van der Waals surface area contributed by atoms with Crippen LogP contribution in [0.5, 0.6) is 0 Å². The molecule has 31 heteroatoms. The molecule has 0 aromatic heterocycles. The quantitative estimate of drug-likeness (QED) is 0.0347. The number of allylic oxidation sites excluding steroid dienone is 2. The van der Waals surface area contributed by atoms with Crippen LogP contribution in [0.2, 0.25) is 0 Å². The summed E-state index contributed by atoms with van der Waals surface area (Å²) in [4.78, 5) is 26.5. The second-order valence-electron chi connectivity index (χ2n) is 29.9. The maximum atomic E-state index is 14.3. The Labute approximate surface area is 544 Å². The third-order valence-corrected chi connectivity index (χ3v) is 24.3. The smallest absolute Gasteiger partial charge is 0.337 e. The number of esters is 2. The summed E-state index contributed by atoms with van der Waals surface area (Å²) >= 11 is 0. The van der Waals surface area contributed by atoms with Crippen LogP contribution in [0.1, 0.15) is 106 Å². The predicted molar refractivity (Wildman–Crippen MR) is 313 cm³/mol. The zero-order valence-corrected chi connectivity index (χ0v) is 54.3. The molecule has 5 aliphatic carbocycles. The number of fused-ring (bicyclic) bond motifs is 7. The monoisotopic (exact) mass is 1350 g/mol. The van der Waals surface area contributed by atoms with Gasteiger partial charge in [0.1, 0.15) is 116 Å². The van der Waals surface area contributed by atoms with E-state index in [-0.39, 0.29) is 43.1 Å². The van der Waals surface area contributed by atoms with Crippen molar-refractivity contribution >= 4 is 11.9 Å². The fourth-order valence-electron chi connectivity index (χ4n) is 18.3. The highest BCUT2D eigenvalue weighted by Gasteiger charge is 2.71. The van der Waals surface area contributed by atoms with Gasteiger partial charge in [0, 0.05) is 5.41 Å². The molecule has 31 nitrogen and oxygen atoms in total. The van der Waals surface area contributed by atoms with Crippen molar-refractivity contribution in [3.05, 3.63) is 11.6 Å². The minimum absolute atomic E-state index is 0.0273. The van der Waals surface area contributed by atoms with Gasteiger partial charge in [-0.15, -0.1) is 0 Å². The molecule has 0 amide bonds. The number of hydrogen-bond donors (Lipinski definition) is 17. The molecule has 5 heterocycles. The minimum atomic E-state index is -1.95. The van der Waals surface area contributed by atoms with Gasteiger partial charge in [-0.25, -0.2) is 4.79 Å². The maximum absolute atomic E-state index is 14.3. The van der Waals surface area contributed by atoms with E-state index in [1.165, 1.54) is 6.92 Å². The Hall–Kier alpha value is -2.40. The molecule has 0 radical (unpaired) electrons. The van der Waals surface area contributed by atoms with Crippen LogP contribution in [0.15, 0.2) is 11.6 Å². The van der Waals surface area contributed by atoms with Gasteiger partial charge in [-0.1, -0.05) is 46.3 Å². The summed E-state index contributed by atoms with van der Waals surface area (Å²) in [5.41, 5.74) is -3.16. The van der Waals surface area contributed by atoms with Crippen molar-refractivity contribution in [2.75, 3.05) is 46.8 Å². The molecule has 5 aliphatic heterocycles. The lowest BCUT2D eigenvalue weighted by Gasteiger charge is -2.72. The summed E-state index contributed by atoms with van der Waals surface area (Å²) in [5.74, 6) is -2.11. The van der Waals surface area contributed by atoms with Crippen molar-refractivity contribution in [1.82, 2.24) is 0 Å². The Morgan fingerprint density at radius 2 is 1.19 bits per heavy atom. The number of methoxy groups -OCH3 is 1. The molecule has 94 heavy (non-hydrogen) atoms. The molecule has 17 N–H and O–H groups in total. The summed E-state index contributed by atoms with van der Waals surface area (Å²) in [6.45, 7) is 10.5. The van der Waals surface area contributed by atoms with Crippen LogP contribution in [0, 0.1) is 50.2 Å². The highest BCUT2D eigenvalue weighted by atomic mass is 16.8. The Bertz CT molecular complexity index is 2640. The fourth-order valence-corrected chi connectivity index (χ4v) is 18.3. The fraction of sp³-hybridized carbons (Fsp3) is 0.937. The molecule has 9 fully saturated rings. The van der Waals surface area contributed by atoms with Crippen LogP contribution in [0.25, 0.3) is 0 Å². The van der Waals surface area contributed by atoms with Gasteiger partial charge in [-0.3, -0.25) is 4.79 Å². The van der Waals surface area contributed by atoms with E-state index in [2.05, 4.69) is 45.4 Å². The average molecular weight is 1360 g/mol. The lowest BCUT2D eigenvalue weighted by molar-refractivity contribution is -0.394. The van der Waals surface area contributed by atoms with Gasteiger partial charge < -0.3 is 144 Å².